The van der Waals surface area contributed by atoms with Crippen molar-refractivity contribution >= 4 is 11.9 Å². The average molecular weight is 374 g/mol. The van der Waals surface area contributed by atoms with Crippen LogP contribution >= 0.6 is 0 Å². The van der Waals surface area contributed by atoms with E-state index in [1.54, 1.807) is 6.07 Å². The van der Waals surface area contributed by atoms with Crippen LogP contribution in [-0.2, 0) is 11.3 Å². The summed E-state index contributed by atoms with van der Waals surface area (Å²) in [4.78, 5) is 30.4. The van der Waals surface area contributed by atoms with E-state index in [2.05, 4.69) is 15.5 Å². The van der Waals surface area contributed by atoms with Gasteiger partial charge in [-0.15, -0.1) is 0 Å². The second-order valence-electron chi connectivity index (χ2n) is 6.83. The number of nitrogens with one attached hydrogen (secondary N) is 1. The molecule has 8 nitrogen and oxygen atoms in total. The molecule has 4 rings (SSSR count). The molecule has 142 valence electrons. The molecule has 1 saturated heterocycles. The van der Waals surface area contributed by atoms with Crippen LogP contribution < -0.4 is 10.1 Å². The summed E-state index contributed by atoms with van der Waals surface area (Å²) in [6.07, 6.45) is 4.18. The summed E-state index contributed by atoms with van der Waals surface area (Å²) in [5, 5.41) is 6.65. The van der Waals surface area contributed by atoms with Gasteiger partial charge in [-0.1, -0.05) is 24.4 Å². The fourth-order valence-electron chi connectivity index (χ4n) is 3.69. The number of nitrogens with zero attached hydrogens (tertiary/aromatic N) is 3. The highest BCUT2D eigenvalue weighted by atomic mass is 19.1. The molecule has 2 fully saturated rings. The molecule has 0 bridgehead atoms. The highest BCUT2D eigenvalue weighted by Crippen LogP contribution is 2.34. The molecule has 0 radical (unpaired) electrons. The number of hydrogen-bond acceptors (Lipinski definition) is 6. The molecule has 0 unspecified atom stereocenters. The number of carbonyl (C=O) groups is 2. The first-order chi connectivity index (χ1) is 13.0. The highest BCUT2D eigenvalue weighted by Gasteiger charge is 2.51. The maximum absolute atomic E-state index is 13.9. The highest BCUT2D eigenvalue weighted by molar-refractivity contribution is 6.06. The second-order valence-corrected chi connectivity index (χ2v) is 6.83. The molecule has 2 heterocycles. The number of halogens is 1. The molecule has 1 aromatic carbocycles. The smallest absolute Gasteiger partial charge is 0.325 e. The zero-order valence-electron chi connectivity index (χ0n) is 14.8. The molecule has 1 aromatic heterocycles. The van der Waals surface area contributed by atoms with Crippen LogP contribution in [-0.4, -0.2) is 39.6 Å². The lowest BCUT2D eigenvalue weighted by Gasteiger charge is -2.30. The first kappa shape index (κ1) is 17.4. The molecule has 0 atom stereocenters. The Hall–Kier alpha value is -2.97. The Morgan fingerprint density at radius 1 is 1.30 bits per heavy atom. The van der Waals surface area contributed by atoms with Gasteiger partial charge in [-0.05, 0) is 31.0 Å². The molecular weight excluding hydrogens is 355 g/mol. The van der Waals surface area contributed by atoms with Gasteiger partial charge in [0, 0.05) is 5.56 Å². The van der Waals surface area contributed by atoms with Crippen molar-refractivity contribution in [3.8, 4) is 17.1 Å². The van der Waals surface area contributed by atoms with Crippen molar-refractivity contribution in [2.45, 2.75) is 44.2 Å². The summed E-state index contributed by atoms with van der Waals surface area (Å²) in [6.45, 7) is -0.113. The van der Waals surface area contributed by atoms with Crippen molar-refractivity contribution in [3.05, 3.63) is 29.9 Å². The third-order valence-electron chi connectivity index (χ3n) is 5.12. The van der Waals surface area contributed by atoms with Gasteiger partial charge >= 0.3 is 6.03 Å². The normalized spacial score (nSPS) is 18.8. The van der Waals surface area contributed by atoms with Gasteiger partial charge in [-0.3, -0.25) is 9.69 Å². The van der Waals surface area contributed by atoms with Crippen LogP contribution in [0, 0.1) is 5.82 Å². The fourth-order valence-corrected chi connectivity index (χ4v) is 3.69. The first-order valence-corrected chi connectivity index (χ1v) is 8.83. The van der Waals surface area contributed by atoms with Crippen LogP contribution in [0.2, 0.25) is 0 Å². The Bertz CT molecular complexity index is 891. The van der Waals surface area contributed by atoms with Crippen LogP contribution in [0.15, 0.2) is 22.7 Å². The van der Waals surface area contributed by atoms with Crippen LogP contribution in [0.5, 0.6) is 5.75 Å². The van der Waals surface area contributed by atoms with Gasteiger partial charge in [0.05, 0.1) is 7.11 Å². The number of imide groups is 1. The van der Waals surface area contributed by atoms with Gasteiger partial charge < -0.3 is 14.6 Å². The van der Waals surface area contributed by atoms with Crippen molar-refractivity contribution in [3.63, 3.8) is 0 Å². The Kier molecular flexibility index (Phi) is 4.29. The first-order valence-electron chi connectivity index (χ1n) is 8.83. The maximum Gasteiger partial charge on any atom is 0.325 e. The molecular formula is C18H19FN4O4. The lowest BCUT2D eigenvalue weighted by atomic mass is 9.82. The average Bonchev–Trinajstić information content (AvgIpc) is 3.22. The molecule has 2 aromatic rings. The van der Waals surface area contributed by atoms with Crippen molar-refractivity contribution in [1.29, 1.82) is 0 Å². The van der Waals surface area contributed by atoms with Gasteiger partial charge in [0.25, 0.3) is 5.91 Å². The molecule has 1 N–H and O–H groups in total. The monoisotopic (exact) mass is 374 g/mol. The Morgan fingerprint density at radius 2 is 2.07 bits per heavy atom. The summed E-state index contributed by atoms with van der Waals surface area (Å²) < 4.78 is 23.9. The van der Waals surface area contributed by atoms with E-state index in [0.29, 0.717) is 18.4 Å². The summed E-state index contributed by atoms with van der Waals surface area (Å²) in [7, 11) is 1.38. The molecule has 1 spiro atoms. The number of carbonyl (C=O) groups excluding carboxylic acids is 2. The predicted octanol–water partition coefficient (Wildman–Crippen LogP) is 2.64. The number of methoxy groups -OCH3 is 1. The molecule has 1 aliphatic carbocycles. The number of aromatic nitrogens is 2. The summed E-state index contributed by atoms with van der Waals surface area (Å²) in [5.41, 5.74) is -0.388. The minimum absolute atomic E-state index is 0.109. The summed E-state index contributed by atoms with van der Waals surface area (Å²) in [6, 6.07) is 3.85. The quantitative estimate of drug-likeness (QED) is 0.827. The SMILES string of the molecule is COc1ccc(-c2noc(CN3C(=O)NC4(CCCCC4)C3=O)n2)cc1F. The number of amides is 3. The molecule has 9 heteroatoms. The zero-order chi connectivity index (χ0) is 19.0. The van der Waals surface area contributed by atoms with Crippen molar-refractivity contribution in [1.82, 2.24) is 20.4 Å². The molecule has 1 aliphatic heterocycles. The van der Waals surface area contributed by atoms with Gasteiger partial charge in [0.15, 0.2) is 11.6 Å². The minimum Gasteiger partial charge on any atom is -0.494 e. The van der Waals surface area contributed by atoms with E-state index in [9.17, 15) is 14.0 Å². The minimum atomic E-state index is -0.794. The van der Waals surface area contributed by atoms with Crippen molar-refractivity contribution in [2.24, 2.45) is 0 Å². The lowest BCUT2D eigenvalue weighted by molar-refractivity contribution is -0.133. The van der Waals surface area contributed by atoms with E-state index < -0.39 is 17.4 Å². The van der Waals surface area contributed by atoms with Crippen molar-refractivity contribution in [2.75, 3.05) is 7.11 Å². The largest absolute Gasteiger partial charge is 0.494 e. The second kappa shape index (κ2) is 6.64. The number of urea groups is 1. The Labute approximate surface area is 154 Å². The molecule has 3 amide bonds. The Morgan fingerprint density at radius 3 is 2.78 bits per heavy atom. The fraction of sp³-hybridized carbons (Fsp3) is 0.444. The van der Waals surface area contributed by atoms with E-state index in [-0.39, 0.29) is 29.9 Å². The van der Waals surface area contributed by atoms with Crippen LogP contribution in [0.25, 0.3) is 11.4 Å². The van der Waals surface area contributed by atoms with Crippen LogP contribution in [0.3, 0.4) is 0 Å². The van der Waals surface area contributed by atoms with Crippen molar-refractivity contribution < 1.29 is 23.2 Å². The maximum atomic E-state index is 13.9. The van der Waals surface area contributed by atoms with E-state index in [4.69, 9.17) is 9.26 Å². The van der Waals surface area contributed by atoms with E-state index in [1.165, 1.54) is 19.2 Å². The number of ether oxygens (including phenoxy) is 1. The molecule has 2 aliphatic rings. The van der Waals surface area contributed by atoms with Crippen LogP contribution in [0.4, 0.5) is 9.18 Å². The van der Waals surface area contributed by atoms with Crippen LogP contribution in [0.1, 0.15) is 38.0 Å². The third-order valence-corrected chi connectivity index (χ3v) is 5.12. The van der Waals surface area contributed by atoms with Gasteiger partial charge in [-0.25, -0.2) is 9.18 Å². The number of rotatable bonds is 4. The topological polar surface area (TPSA) is 97.6 Å². The third kappa shape index (κ3) is 3.02. The molecule has 27 heavy (non-hydrogen) atoms. The van der Waals surface area contributed by atoms with Gasteiger partial charge in [-0.2, -0.15) is 4.98 Å². The zero-order valence-corrected chi connectivity index (χ0v) is 14.8. The predicted molar refractivity (Wildman–Crippen MR) is 91.1 cm³/mol. The number of benzene rings is 1. The number of hydrogen-bond donors (Lipinski definition) is 1. The lowest BCUT2D eigenvalue weighted by Crippen LogP contribution is -2.48. The van der Waals surface area contributed by atoms with E-state index in [0.717, 1.165) is 24.2 Å². The van der Waals surface area contributed by atoms with Gasteiger partial charge in [0.1, 0.15) is 12.1 Å². The summed E-state index contributed by atoms with van der Waals surface area (Å²) in [5.74, 6) is -0.403. The summed E-state index contributed by atoms with van der Waals surface area (Å²) >= 11 is 0. The standard InChI is InChI=1S/C18H19FN4O4/c1-26-13-6-5-11(9-12(13)19)15-20-14(27-22-15)10-23-16(24)18(21-17(23)25)7-3-2-4-8-18/h5-6,9H,2-4,7-8,10H2,1H3,(H,21,25). The molecule has 1 saturated carbocycles. The van der Waals surface area contributed by atoms with E-state index in [1.807, 2.05) is 0 Å². The Balaban J connectivity index is 1.52. The van der Waals surface area contributed by atoms with E-state index >= 15 is 0 Å². The van der Waals surface area contributed by atoms with Gasteiger partial charge in [0.2, 0.25) is 11.7 Å².